The first-order valence-electron chi connectivity index (χ1n) is 3.86. The Balaban J connectivity index is 3.26. The van der Waals surface area contributed by atoms with Gasteiger partial charge >= 0.3 is 11.7 Å². The predicted octanol–water partition coefficient (Wildman–Crippen LogP) is 2.19. The van der Waals surface area contributed by atoms with Gasteiger partial charge in [0.05, 0.1) is 17.7 Å². The highest BCUT2D eigenvalue weighted by atomic mass is 35.5. The highest BCUT2D eigenvalue weighted by Crippen LogP contribution is 2.21. The zero-order chi connectivity index (χ0) is 11.4. The lowest BCUT2D eigenvalue weighted by Crippen LogP contribution is -2.18. The fourth-order valence-electron chi connectivity index (χ4n) is 0.983. The molecule has 4 nitrogen and oxygen atoms in total. The van der Waals surface area contributed by atoms with Crippen LogP contribution in [0.1, 0.15) is 5.56 Å². The van der Waals surface area contributed by atoms with E-state index in [0.29, 0.717) is 5.02 Å². The quantitative estimate of drug-likeness (QED) is 0.347. The highest BCUT2D eigenvalue weighted by Gasteiger charge is 2.26. The minimum absolute atomic E-state index is 0.209. The molecule has 0 saturated carbocycles. The Bertz CT molecular complexity index is 453. The van der Waals surface area contributed by atoms with Crippen molar-refractivity contribution in [2.24, 2.45) is 0 Å². The molecule has 1 aromatic carbocycles. The summed E-state index contributed by atoms with van der Waals surface area (Å²) in [6, 6.07) is 4.43. The Morgan fingerprint density at radius 1 is 1.47 bits per heavy atom. The normalized spacial score (nSPS) is 9.27. The molecule has 15 heavy (non-hydrogen) atoms. The number of nitrogens with zero attached hydrogens (tertiary/aromatic N) is 2. The van der Waals surface area contributed by atoms with Crippen LogP contribution in [-0.2, 0) is 9.53 Å². The summed E-state index contributed by atoms with van der Waals surface area (Å²) in [6.07, 6.45) is 0. The lowest BCUT2D eigenvalue weighted by Gasteiger charge is -1.98. The van der Waals surface area contributed by atoms with Crippen LogP contribution >= 0.6 is 23.2 Å². The number of carbonyl (C=O) groups excluding carboxylic acids is 1. The Labute approximate surface area is 96.0 Å². The van der Waals surface area contributed by atoms with Gasteiger partial charge in [-0.05, 0) is 18.2 Å². The number of esters is 1. The molecule has 0 aliphatic carbocycles. The molecule has 6 heteroatoms. The maximum atomic E-state index is 11.2. The van der Waals surface area contributed by atoms with Crippen molar-refractivity contribution < 1.29 is 14.3 Å². The summed E-state index contributed by atoms with van der Waals surface area (Å²) in [5, 5.41) is 0.631. The summed E-state index contributed by atoms with van der Waals surface area (Å²) >= 11 is 11.5. The molecule has 0 aromatic heterocycles. The molecule has 0 spiro atoms. The number of carbonyl (C=O) groups is 1. The first kappa shape index (κ1) is 11.7. The van der Waals surface area contributed by atoms with Gasteiger partial charge in [-0.1, -0.05) is 23.2 Å². The maximum Gasteiger partial charge on any atom is 0.422 e. The van der Waals surface area contributed by atoms with E-state index in [-0.39, 0.29) is 16.3 Å². The van der Waals surface area contributed by atoms with Crippen molar-refractivity contribution in [3.8, 4) is 0 Å². The fourth-order valence-corrected chi connectivity index (χ4v) is 1.48. The van der Waals surface area contributed by atoms with Crippen LogP contribution < -0.4 is 0 Å². The van der Waals surface area contributed by atoms with Crippen LogP contribution in [0.4, 0.5) is 0 Å². The van der Waals surface area contributed by atoms with E-state index in [2.05, 4.69) is 9.53 Å². The molecule has 0 radical (unpaired) electrons. The predicted molar refractivity (Wildman–Crippen MR) is 56.2 cm³/mol. The lowest BCUT2D eigenvalue weighted by molar-refractivity contribution is -0.137. The topological polar surface area (TPSA) is 62.7 Å². The molecule has 0 atom stereocenters. The molecule has 0 N–H and O–H groups in total. The van der Waals surface area contributed by atoms with Crippen LogP contribution in [0, 0.1) is 0 Å². The smallest absolute Gasteiger partial charge is 0.422 e. The fraction of sp³-hybridized carbons (Fsp3) is 0.111. The van der Waals surface area contributed by atoms with Crippen molar-refractivity contribution in [1.82, 2.24) is 0 Å². The van der Waals surface area contributed by atoms with Crippen molar-refractivity contribution in [1.29, 1.82) is 0 Å². The molecule has 0 fully saturated rings. The third kappa shape index (κ3) is 2.57. The molecule has 0 saturated heterocycles. The largest absolute Gasteiger partial charge is 0.460 e. The van der Waals surface area contributed by atoms with Crippen LogP contribution in [0.15, 0.2) is 18.2 Å². The molecule has 0 aliphatic heterocycles. The number of benzene rings is 1. The maximum absolute atomic E-state index is 11.2. The number of halogens is 2. The third-order valence-electron chi connectivity index (χ3n) is 1.66. The summed E-state index contributed by atoms with van der Waals surface area (Å²) in [5.41, 5.74) is 8.67. The Morgan fingerprint density at radius 2 is 2.13 bits per heavy atom. The first-order valence-corrected chi connectivity index (χ1v) is 4.61. The van der Waals surface area contributed by atoms with Gasteiger partial charge in [0.15, 0.2) is 0 Å². The van der Waals surface area contributed by atoms with E-state index in [0.717, 1.165) is 0 Å². The minimum atomic E-state index is -0.776. The molecule has 78 valence electrons. The van der Waals surface area contributed by atoms with Gasteiger partial charge < -0.3 is 10.3 Å². The van der Waals surface area contributed by atoms with E-state index in [1.165, 1.54) is 25.3 Å². The summed E-state index contributed by atoms with van der Waals surface area (Å²) in [5.74, 6) is -0.776. The summed E-state index contributed by atoms with van der Waals surface area (Å²) in [6.45, 7) is 0. The van der Waals surface area contributed by atoms with Gasteiger partial charge in [-0.2, -0.15) is 4.79 Å². The Kier molecular flexibility index (Phi) is 3.86. The van der Waals surface area contributed by atoms with Gasteiger partial charge in [0.2, 0.25) is 0 Å². The van der Waals surface area contributed by atoms with E-state index in [4.69, 9.17) is 28.7 Å². The number of rotatable bonds is 2. The molecule has 0 bridgehead atoms. The molecule has 0 aliphatic rings. The Morgan fingerprint density at radius 3 is 2.60 bits per heavy atom. The van der Waals surface area contributed by atoms with Crippen LogP contribution in [-0.4, -0.2) is 23.6 Å². The summed E-state index contributed by atoms with van der Waals surface area (Å²) in [7, 11) is 1.18. The van der Waals surface area contributed by atoms with Crippen molar-refractivity contribution in [2.45, 2.75) is 0 Å². The molecule has 0 amide bonds. The standard InChI is InChI=1S/C9H6Cl2N2O2/c1-15-9(14)8(13-12)6-3-2-5(10)4-7(6)11/h2-4H,1H3. The molecular formula is C9H6Cl2N2O2. The average molecular weight is 245 g/mol. The van der Waals surface area contributed by atoms with Gasteiger partial charge in [0.25, 0.3) is 0 Å². The number of hydrogen-bond donors (Lipinski definition) is 0. The van der Waals surface area contributed by atoms with Crippen LogP contribution in [0.5, 0.6) is 0 Å². The number of ether oxygens (including phenoxy) is 1. The van der Waals surface area contributed by atoms with E-state index in [1.54, 1.807) is 0 Å². The number of hydrogen-bond acceptors (Lipinski definition) is 2. The van der Waals surface area contributed by atoms with Crippen LogP contribution in [0.25, 0.3) is 5.53 Å². The van der Waals surface area contributed by atoms with E-state index >= 15 is 0 Å². The molecular weight excluding hydrogens is 239 g/mol. The second-order valence-electron chi connectivity index (χ2n) is 2.56. The summed E-state index contributed by atoms with van der Waals surface area (Å²) < 4.78 is 4.42. The number of methoxy groups -OCH3 is 1. The lowest BCUT2D eigenvalue weighted by atomic mass is 10.1. The third-order valence-corrected chi connectivity index (χ3v) is 2.21. The molecule has 0 heterocycles. The highest BCUT2D eigenvalue weighted by molar-refractivity contribution is 6.46. The molecule has 0 unspecified atom stereocenters. The van der Waals surface area contributed by atoms with E-state index < -0.39 is 5.97 Å². The molecule has 1 aromatic rings. The van der Waals surface area contributed by atoms with Gasteiger partial charge in [-0.25, -0.2) is 4.79 Å². The van der Waals surface area contributed by atoms with Crippen molar-refractivity contribution in [2.75, 3.05) is 7.11 Å². The second kappa shape index (κ2) is 4.94. The zero-order valence-electron chi connectivity index (χ0n) is 7.70. The van der Waals surface area contributed by atoms with Crippen LogP contribution in [0.2, 0.25) is 10.0 Å². The zero-order valence-corrected chi connectivity index (χ0v) is 9.21. The Hall–Kier alpha value is -1.35. The minimum Gasteiger partial charge on any atom is -0.460 e. The second-order valence-corrected chi connectivity index (χ2v) is 3.41. The van der Waals surface area contributed by atoms with Crippen molar-refractivity contribution in [3.05, 3.63) is 39.3 Å². The SMILES string of the molecule is COC(=O)C(=[N+]=[N-])c1ccc(Cl)cc1Cl. The first-order chi connectivity index (χ1) is 7.10. The van der Waals surface area contributed by atoms with Gasteiger partial charge in [0, 0.05) is 5.02 Å². The summed E-state index contributed by atoms with van der Waals surface area (Å²) in [4.78, 5) is 14.0. The van der Waals surface area contributed by atoms with Gasteiger partial charge in [-0.3, -0.25) is 0 Å². The molecule has 1 rings (SSSR count). The average Bonchev–Trinajstić information content (AvgIpc) is 2.21. The van der Waals surface area contributed by atoms with Crippen molar-refractivity contribution >= 4 is 34.9 Å². The van der Waals surface area contributed by atoms with Crippen molar-refractivity contribution in [3.63, 3.8) is 0 Å². The van der Waals surface area contributed by atoms with Gasteiger partial charge in [0.1, 0.15) is 0 Å². The van der Waals surface area contributed by atoms with E-state index in [1.807, 2.05) is 0 Å². The monoisotopic (exact) mass is 244 g/mol. The van der Waals surface area contributed by atoms with E-state index in [9.17, 15) is 4.79 Å². The van der Waals surface area contributed by atoms with Gasteiger partial charge in [-0.15, -0.1) is 0 Å². The van der Waals surface area contributed by atoms with Crippen LogP contribution in [0.3, 0.4) is 0 Å².